The normalized spacial score (nSPS) is 10.6. The van der Waals surface area contributed by atoms with Gasteiger partial charge in [0.15, 0.2) is 12.4 Å². The lowest BCUT2D eigenvalue weighted by atomic mass is 10.1. The Hall–Kier alpha value is -3.70. The SMILES string of the molecule is N#CCOc1ccc(C(=O)/C=C/c2ccc(-c3ccc([N+](=O)[O-])cc3Br)o2)cc1. The van der Waals surface area contributed by atoms with Crippen molar-refractivity contribution in [1.29, 1.82) is 5.26 Å². The summed E-state index contributed by atoms with van der Waals surface area (Å²) in [7, 11) is 0. The highest BCUT2D eigenvalue weighted by Gasteiger charge is 2.13. The van der Waals surface area contributed by atoms with Crippen molar-refractivity contribution in [2.45, 2.75) is 0 Å². The van der Waals surface area contributed by atoms with Gasteiger partial charge in [0.05, 0.1) is 4.92 Å². The monoisotopic (exact) mass is 452 g/mol. The second-order valence-electron chi connectivity index (χ2n) is 5.79. The number of ketones is 1. The molecule has 8 heteroatoms. The molecule has 3 rings (SSSR count). The average molecular weight is 453 g/mol. The Labute approximate surface area is 174 Å². The highest BCUT2D eigenvalue weighted by Crippen LogP contribution is 2.32. The fraction of sp³-hybridized carbons (Fsp3) is 0.0476. The quantitative estimate of drug-likeness (QED) is 0.205. The van der Waals surface area contributed by atoms with Gasteiger partial charge in [-0.25, -0.2) is 0 Å². The first-order valence-electron chi connectivity index (χ1n) is 8.34. The van der Waals surface area contributed by atoms with Crippen LogP contribution < -0.4 is 4.74 Å². The van der Waals surface area contributed by atoms with Crippen LogP contribution >= 0.6 is 15.9 Å². The van der Waals surface area contributed by atoms with Gasteiger partial charge in [0, 0.05) is 27.7 Å². The zero-order valence-electron chi connectivity index (χ0n) is 14.9. The molecule has 0 bridgehead atoms. The van der Waals surface area contributed by atoms with Crippen LogP contribution in [0, 0.1) is 21.4 Å². The second-order valence-corrected chi connectivity index (χ2v) is 6.65. The predicted octanol–water partition coefficient (Wildman–Crippen LogP) is 5.42. The van der Waals surface area contributed by atoms with Crippen molar-refractivity contribution >= 4 is 33.5 Å². The van der Waals surface area contributed by atoms with Crippen molar-refractivity contribution in [3.8, 4) is 23.1 Å². The molecule has 0 unspecified atom stereocenters. The summed E-state index contributed by atoms with van der Waals surface area (Å²) in [5.74, 6) is 1.27. The molecule has 7 nitrogen and oxygen atoms in total. The molecule has 0 fully saturated rings. The third kappa shape index (κ3) is 4.97. The number of rotatable bonds is 7. The number of hydrogen-bond donors (Lipinski definition) is 0. The number of carbonyl (C=O) groups excluding carboxylic acids is 1. The minimum Gasteiger partial charge on any atom is -0.479 e. The molecular weight excluding hydrogens is 440 g/mol. The minimum atomic E-state index is -0.474. The Morgan fingerprint density at radius 2 is 1.97 bits per heavy atom. The van der Waals surface area contributed by atoms with Crippen LogP contribution in [0.4, 0.5) is 5.69 Å². The number of benzene rings is 2. The van der Waals surface area contributed by atoms with Crippen molar-refractivity contribution in [3.63, 3.8) is 0 Å². The van der Waals surface area contributed by atoms with Crippen LogP contribution in [-0.4, -0.2) is 17.3 Å². The van der Waals surface area contributed by atoms with E-state index in [2.05, 4.69) is 15.9 Å². The Morgan fingerprint density at radius 3 is 2.62 bits per heavy atom. The number of non-ortho nitro benzene ring substituents is 1. The van der Waals surface area contributed by atoms with Gasteiger partial charge in [-0.05, 0) is 70.5 Å². The number of hydrogen-bond acceptors (Lipinski definition) is 6. The fourth-order valence-corrected chi connectivity index (χ4v) is 3.05. The van der Waals surface area contributed by atoms with E-state index < -0.39 is 4.92 Å². The topological polar surface area (TPSA) is 106 Å². The molecule has 0 radical (unpaired) electrons. The molecule has 0 saturated heterocycles. The predicted molar refractivity (Wildman–Crippen MR) is 109 cm³/mol. The molecule has 0 amide bonds. The van der Waals surface area contributed by atoms with E-state index in [1.54, 1.807) is 48.5 Å². The Morgan fingerprint density at radius 1 is 1.21 bits per heavy atom. The molecule has 0 atom stereocenters. The van der Waals surface area contributed by atoms with Crippen molar-refractivity contribution < 1.29 is 18.9 Å². The summed E-state index contributed by atoms with van der Waals surface area (Å²) in [4.78, 5) is 22.6. The van der Waals surface area contributed by atoms with Gasteiger partial charge >= 0.3 is 0 Å². The van der Waals surface area contributed by atoms with E-state index in [9.17, 15) is 14.9 Å². The average Bonchev–Trinajstić information content (AvgIpc) is 3.19. The summed E-state index contributed by atoms with van der Waals surface area (Å²) in [6, 6.07) is 16.1. The summed E-state index contributed by atoms with van der Waals surface area (Å²) in [6.45, 7) is -0.0566. The van der Waals surface area contributed by atoms with Crippen molar-refractivity contribution in [3.05, 3.63) is 86.6 Å². The number of nitrogens with zero attached hydrogens (tertiary/aromatic N) is 2. The van der Waals surface area contributed by atoms with E-state index in [1.165, 1.54) is 18.2 Å². The first-order valence-corrected chi connectivity index (χ1v) is 9.13. The number of halogens is 1. The molecule has 0 saturated carbocycles. The van der Waals surface area contributed by atoms with Crippen LogP contribution in [0.25, 0.3) is 17.4 Å². The number of nitriles is 1. The molecule has 0 aliphatic heterocycles. The summed E-state index contributed by atoms with van der Waals surface area (Å²) >= 11 is 3.31. The highest BCUT2D eigenvalue weighted by molar-refractivity contribution is 9.10. The van der Waals surface area contributed by atoms with Gasteiger partial charge in [0.25, 0.3) is 5.69 Å². The highest BCUT2D eigenvalue weighted by atomic mass is 79.9. The third-order valence-corrected chi connectivity index (χ3v) is 4.55. The van der Waals surface area contributed by atoms with Gasteiger partial charge < -0.3 is 9.15 Å². The van der Waals surface area contributed by atoms with Gasteiger partial charge in [-0.3, -0.25) is 14.9 Å². The molecule has 0 spiro atoms. The number of nitro groups is 1. The van der Waals surface area contributed by atoms with E-state index in [-0.39, 0.29) is 18.1 Å². The van der Waals surface area contributed by atoms with Gasteiger partial charge in [0.1, 0.15) is 23.3 Å². The number of allylic oxidation sites excluding steroid dienone is 1. The summed E-state index contributed by atoms with van der Waals surface area (Å²) < 4.78 is 11.4. The van der Waals surface area contributed by atoms with Crippen LogP contribution in [-0.2, 0) is 0 Å². The molecule has 0 N–H and O–H groups in total. The van der Waals surface area contributed by atoms with E-state index in [1.807, 2.05) is 6.07 Å². The Bertz CT molecular complexity index is 1130. The lowest BCUT2D eigenvalue weighted by Crippen LogP contribution is -1.96. The first kappa shape index (κ1) is 20.0. The summed E-state index contributed by atoms with van der Waals surface area (Å²) in [5.41, 5.74) is 1.10. The number of ether oxygens (including phenoxy) is 1. The van der Waals surface area contributed by atoms with E-state index in [4.69, 9.17) is 14.4 Å². The van der Waals surface area contributed by atoms with Crippen LogP contribution in [0.3, 0.4) is 0 Å². The maximum absolute atomic E-state index is 12.3. The minimum absolute atomic E-state index is 0.0260. The number of furan rings is 1. The number of carbonyl (C=O) groups is 1. The number of nitro benzene ring substituents is 1. The molecule has 29 heavy (non-hydrogen) atoms. The Kier molecular flexibility index (Phi) is 6.22. The molecule has 144 valence electrons. The molecule has 0 aliphatic carbocycles. The molecule has 1 heterocycles. The second kappa shape index (κ2) is 8.99. The van der Waals surface area contributed by atoms with Crippen LogP contribution in [0.2, 0.25) is 0 Å². The van der Waals surface area contributed by atoms with Crippen molar-refractivity contribution in [2.75, 3.05) is 6.61 Å². The third-order valence-electron chi connectivity index (χ3n) is 3.90. The lowest BCUT2D eigenvalue weighted by molar-refractivity contribution is -0.384. The van der Waals surface area contributed by atoms with Gasteiger partial charge in [-0.2, -0.15) is 5.26 Å². The summed E-state index contributed by atoms with van der Waals surface area (Å²) in [6.07, 6.45) is 2.93. The van der Waals surface area contributed by atoms with E-state index in [0.717, 1.165) is 0 Å². The molecular formula is C21H13BrN2O5. The smallest absolute Gasteiger partial charge is 0.270 e. The maximum atomic E-state index is 12.3. The maximum Gasteiger partial charge on any atom is 0.270 e. The van der Waals surface area contributed by atoms with Gasteiger partial charge in [-0.1, -0.05) is 0 Å². The molecule has 0 aliphatic rings. The van der Waals surface area contributed by atoms with Crippen LogP contribution in [0.1, 0.15) is 16.1 Å². The van der Waals surface area contributed by atoms with Crippen molar-refractivity contribution in [2.24, 2.45) is 0 Å². The van der Waals surface area contributed by atoms with E-state index in [0.29, 0.717) is 32.9 Å². The van der Waals surface area contributed by atoms with Gasteiger partial charge in [-0.15, -0.1) is 0 Å². The molecule has 3 aromatic rings. The fourth-order valence-electron chi connectivity index (χ4n) is 2.49. The molecule has 1 aromatic heterocycles. The zero-order chi connectivity index (χ0) is 20.8. The Balaban J connectivity index is 1.71. The van der Waals surface area contributed by atoms with E-state index >= 15 is 0 Å². The first-order chi connectivity index (χ1) is 14.0. The molecule has 2 aromatic carbocycles. The largest absolute Gasteiger partial charge is 0.479 e. The van der Waals surface area contributed by atoms with Crippen LogP contribution in [0.15, 0.2) is 69.6 Å². The van der Waals surface area contributed by atoms with Crippen LogP contribution in [0.5, 0.6) is 5.75 Å². The summed E-state index contributed by atoms with van der Waals surface area (Å²) in [5, 5.41) is 19.3. The standard InChI is InChI=1S/C21H13BrN2O5/c22-19-13-15(24(26)27)3-8-18(19)21-10-7-17(29-21)6-9-20(25)14-1-4-16(5-2-14)28-12-11-23/h1-10,13H,12H2/b9-6+. The lowest BCUT2D eigenvalue weighted by Gasteiger charge is -2.02. The van der Waals surface area contributed by atoms with Crippen molar-refractivity contribution in [1.82, 2.24) is 0 Å². The van der Waals surface area contributed by atoms with Gasteiger partial charge in [0.2, 0.25) is 0 Å². The zero-order valence-corrected chi connectivity index (χ0v) is 16.5.